The molecule has 2 aromatic rings. The summed E-state index contributed by atoms with van der Waals surface area (Å²) in [4.78, 5) is 18.3. The fraction of sp³-hybridized carbons (Fsp3) is 0.294. The van der Waals surface area contributed by atoms with Gasteiger partial charge in [0.25, 0.3) is 5.91 Å². The molecule has 1 aromatic heterocycles. The van der Waals surface area contributed by atoms with E-state index in [1.54, 1.807) is 23.2 Å². The van der Waals surface area contributed by atoms with Gasteiger partial charge >= 0.3 is 0 Å². The van der Waals surface area contributed by atoms with Gasteiger partial charge in [-0.3, -0.25) is 4.79 Å². The molecule has 1 aromatic carbocycles. The maximum atomic E-state index is 12.4. The Morgan fingerprint density at radius 3 is 2.50 bits per heavy atom. The van der Waals surface area contributed by atoms with E-state index in [1.807, 2.05) is 26.0 Å². The summed E-state index contributed by atoms with van der Waals surface area (Å²) < 4.78 is 5.71. The lowest BCUT2D eigenvalue weighted by Gasteiger charge is -2.38. The Balaban J connectivity index is 1.58. The Morgan fingerprint density at radius 1 is 1.23 bits per heavy atom. The minimum absolute atomic E-state index is 0.0106. The Bertz CT molecular complexity index is 674. The van der Waals surface area contributed by atoms with Crippen LogP contribution in [0.1, 0.15) is 21.5 Å². The van der Waals surface area contributed by atoms with Crippen LogP contribution >= 0.6 is 11.6 Å². The maximum Gasteiger partial charge on any atom is 0.254 e. The molecule has 0 bridgehead atoms. The van der Waals surface area contributed by atoms with Crippen LogP contribution in [-0.4, -0.2) is 35.0 Å². The van der Waals surface area contributed by atoms with Crippen LogP contribution in [0.4, 0.5) is 0 Å². The Labute approximate surface area is 134 Å². The van der Waals surface area contributed by atoms with Gasteiger partial charge in [-0.15, -0.1) is 0 Å². The van der Waals surface area contributed by atoms with Crippen molar-refractivity contribution in [2.75, 3.05) is 13.1 Å². The highest BCUT2D eigenvalue weighted by Gasteiger charge is 2.33. The fourth-order valence-corrected chi connectivity index (χ4v) is 2.67. The lowest BCUT2D eigenvalue weighted by Crippen LogP contribution is -2.56. The van der Waals surface area contributed by atoms with Crippen molar-refractivity contribution in [1.29, 1.82) is 0 Å². The summed E-state index contributed by atoms with van der Waals surface area (Å²) in [5, 5.41) is 0.576. The summed E-state index contributed by atoms with van der Waals surface area (Å²) in [6.07, 6.45) is 1.54. The predicted molar refractivity (Wildman–Crippen MR) is 85.5 cm³/mol. The molecule has 1 saturated heterocycles. The van der Waals surface area contributed by atoms with Crippen molar-refractivity contribution in [3.63, 3.8) is 0 Å². The third-order valence-electron chi connectivity index (χ3n) is 3.59. The molecule has 4 nitrogen and oxygen atoms in total. The van der Waals surface area contributed by atoms with Crippen molar-refractivity contribution in [1.82, 2.24) is 9.88 Å². The van der Waals surface area contributed by atoms with Crippen LogP contribution in [0.15, 0.2) is 36.5 Å². The number of aryl methyl sites for hydroxylation is 2. The quantitative estimate of drug-likeness (QED) is 0.873. The van der Waals surface area contributed by atoms with Crippen molar-refractivity contribution in [3.8, 4) is 5.88 Å². The van der Waals surface area contributed by atoms with E-state index in [9.17, 15) is 4.79 Å². The van der Waals surface area contributed by atoms with Crippen LogP contribution < -0.4 is 4.74 Å². The number of hydrogen-bond acceptors (Lipinski definition) is 3. The molecule has 0 atom stereocenters. The zero-order chi connectivity index (χ0) is 15.7. The topological polar surface area (TPSA) is 42.4 Å². The molecule has 1 amide bonds. The van der Waals surface area contributed by atoms with E-state index < -0.39 is 0 Å². The molecule has 1 fully saturated rings. The van der Waals surface area contributed by atoms with E-state index in [4.69, 9.17) is 16.3 Å². The summed E-state index contributed by atoms with van der Waals surface area (Å²) in [5.74, 6) is 0.587. The van der Waals surface area contributed by atoms with Gasteiger partial charge in [0.2, 0.25) is 5.88 Å². The number of halogens is 1. The van der Waals surface area contributed by atoms with Crippen molar-refractivity contribution >= 4 is 17.5 Å². The molecular weight excluding hydrogens is 300 g/mol. The first-order valence-corrected chi connectivity index (χ1v) is 7.55. The van der Waals surface area contributed by atoms with Crippen LogP contribution in [0.25, 0.3) is 0 Å². The summed E-state index contributed by atoms with van der Waals surface area (Å²) in [6.45, 7) is 5.16. The van der Waals surface area contributed by atoms with Gasteiger partial charge in [0.1, 0.15) is 6.10 Å². The van der Waals surface area contributed by atoms with Gasteiger partial charge in [-0.1, -0.05) is 28.8 Å². The third-order valence-corrected chi connectivity index (χ3v) is 3.82. The van der Waals surface area contributed by atoms with Gasteiger partial charge < -0.3 is 9.64 Å². The summed E-state index contributed by atoms with van der Waals surface area (Å²) in [6, 6.07) is 9.37. The molecule has 0 spiro atoms. The molecule has 2 heterocycles. The average Bonchev–Trinajstić information content (AvgIpc) is 2.42. The zero-order valence-corrected chi connectivity index (χ0v) is 13.3. The molecule has 1 aliphatic heterocycles. The molecule has 3 rings (SSSR count). The second-order valence-electron chi connectivity index (χ2n) is 5.64. The molecule has 0 N–H and O–H groups in total. The van der Waals surface area contributed by atoms with Gasteiger partial charge in [0, 0.05) is 17.8 Å². The standard InChI is InChI=1S/C17H17ClN2O2/c1-11-5-12(2)7-13(6-11)17(21)20-9-15(10-20)22-16-4-3-14(18)8-19-16/h3-8,15H,9-10H2,1-2H3. The second kappa shape index (κ2) is 5.97. The minimum Gasteiger partial charge on any atom is -0.471 e. The number of aromatic nitrogens is 1. The van der Waals surface area contributed by atoms with Crippen LogP contribution in [0.3, 0.4) is 0 Å². The van der Waals surface area contributed by atoms with Crippen LogP contribution in [0.5, 0.6) is 5.88 Å². The Kier molecular flexibility index (Phi) is 4.03. The van der Waals surface area contributed by atoms with E-state index in [0.717, 1.165) is 16.7 Å². The number of amides is 1. The first kappa shape index (κ1) is 14.9. The van der Waals surface area contributed by atoms with Crippen molar-refractivity contribution in [3.05, 3.63) is 58.2 Å². The number of nitrogens with zero attached hydrogens (tertiary/aromatic N) is 2. The molecule has 0 aliphatic carbocycles. The number of benzene rings is 1. The van der Waals surface area contributed by atoms with Crippen LogP contribution in [0.2, 0.25) is 5.02 Å². The van der Waals surface area contributed by atoms with Gasteiger partial charge in [-0.05, 0) is 32.0 Å². The highest BCUT2D eigenvalue weighted by molar-refractivity contribution is 6.30. The third kappa shape index (κ3) is 3.22. The molecule has 0 radical (unpaired) electrons. The highest BCUT2D eigenvalue weighted by atomic mass is 35.5. The predicted octanol–water partition coefficient (Wildman–Crippen LogP) is 3.26. The number of rotatable bonds is 3. The van der Waals surface area contributed by atoms with Crippen LogP contribution in [-0.2, 0) is 0 Å². The SMILES string of the molecule is Cc1cc(C)cc(C(=O)N2CC(Oc3ccc(Cl)cn3)C2)c1. The first-order chi connectivity index (χ1) is 10.5. The molecule has 114 valence electrons. The van der Waals surface area contributed by atoms with Gasteiger partial charge in [-0.2, -0.15) is 0 Å². The molecule has 5 heteroatoms. The first-order valence-electron chi connectivity index (χ1n) is 7.17. The van der Waals surface area contributed by atoms with E-state index >= 15 is 0 Å². The number of likely N-dealkylation sites (tertiary alicyclic amines) is 1. The Hall–Kier alpha value is -2.07. The molecular formula is C17H17ClN2O2. The van der Waals surface area contributed by atoms with E-state index in [-0.39, 0.29) is 12.0 Å². The van der Waals surface area contributed by atoms with E-state index in [1.165, 1.54) is 0 Å². The smallest absolute Gasteiger partial charge is 0.254 e. The molecule has 22 heavy (non-hydrogen) atoms. The Morgan fingerprint density at radius 2 is 1.91 bits per heavy atom. The van der Waals surface area contributed by atoms with Gasteiger partial charge in [-0.25, -0.2) is 4.98 Å². The summed E-state index contributed by atoms with van der Waals surface area (Å²) in [5.41, 5.74) is 2.93. The van der Waals surface area contributed by atoms with Crippen LogP contribution in [0, 0.1) is 13.8 Å². The summed E-state index contributed by atoms with van der Waals surface area (Å²) >= 11 is 5.78. The number of ether oxygens (including phenoxy) is 1. The van der Waals surface area contributed by atoms with Crippen molar-refractivity contribution in [2.24, 2.45) is 0 Å². The molecule has 0 saturated carbocycles. The van der Waals surface area contributed by atoms with Gasteiger partial charge in [0.15, 0.2) is 0 Å². The monoisotopic (exact) mass is 316 g/mol. The maximum absolute atomic E-state index is 12.4. The lowest BCUT2D eigenvalue weighted by atomic mass is 10.0. The zero-order valence-electron chi connectivity index (χ0n) is 12.5. The number of hydrogen-bond donors (Lipinski definition) is 0. The van der Waals surface area contributed by atoms with E-state index in [2.05, 4.69) is 11.1 Å². The molecule has 1 aliphatic rings. The number of pyridine rings is 1. The highest BCUT2D eigenvalue weighted by Crippen LogP contribution is 2.20. The van der Waals surface area contributed by atoms with Gasteiger partial charge in [0.05, 0.1) is 18.1 Å². The average molecular weight is 317 g/mol. The lowest BCUT2D eigenvalue weighted by molar-refractivity contribution is 0.0160. The van der Waals surface area contributed by atoms with E-state index in [0.29, 0.717) is 24.0 Å². The number of carbonyl (C=O) groups is 1. The largest absolute Gasteiger partial charge is 0.471 e. The normalized spacial score (nSPS) is 14.6. The van der Waals surface area contributed by atoms with Crippen molar-refractivity contribution < 1.29 is 9.53 Å². The summed E-state index contributed by atoms with van der Waals surface area (Å²) in [7, 11) is 0. The fourth-order valence-electron chi connectivity index (χ4n) is 2.56. The minimum atomic E-state index is -0.0106. The second-order valence-corrected chi connectivity index (χ2v) is 6.08. The molecule has 0 unspecified atom stereocenters. The number of carbonyl (C=O) groups excluding carboxylic acids is 1. The van der Waals surface area contributed by atoms with Crippen molar-refractivity contribution in [2.45, 2.75) is 20.0 Å².